The molecule has 172 valence electrons. The molecule has 0 saturated heterocycles. The van der Waals surface area contributed by atoms with Gasteiger partial charge < -0.3 is 14.9 Å². The van der Waals surface area contributed by atoms with Crippen molar-refractivity contribution in [1.29, 1.82) is 0 Å². The third-order valence-corrected chi connectivity index (χ3v) is 6.95. The van der Waals surface area contributed by atoms with Crippen LogP contribution in [0.25, 0.3) is 11.1 Å². The molecule has 1 aliphatic heterocycles. The number of hydrogen-bond acceptors (Lipinski definition) is 5. The lowest BCUT2D eigenvalue weighted by Gasteiger charge is -2.44. The summed E-state index contributed by atoms with van der Waals surface area (Å²) in [4.78, 5) is 17.1. The van der Waals surface area contributed by atoms with E-state index >= 15 is 0 Å². The Morgan fingerprint density at radius 3 is 2.18 bits per heavy atom. The zero-order chi connectivity index (χ0) is 23.9. The highest BCUT2D eigenvalue weighted by molar-refractivity contribution is 7.90. The van der Waals surface area contributed by atoms with Crippen molar-refractivity contribution in [3.63, 3.8) is 0 Å². The van der Waals surface area contributed by atoms with Crippen LogP contribution in [-0.2, 0) is 9.84 Å². The van der Waals surface area contributed by atoms with E-state index < -0.39 is 21.9 Å². The Kier molecular flexibility index (Phi) is 5.99. The molecule has 2 atom stereocenters. The fourth-order valence-electron chi connectivity index (χ4n) is 4.23. The van der Waals surface area contributed by atoms with Gasteiger partial charge in [0.2, 0.25) is 0 Å². The zero-order valence-corrected chi connectivity index (χ0v) is 19.4. The van der Waals surface area contributed by atoms with Crippen LogP contribution in [0.4, 0.5) is 15.8 Å². The molecule has 1 aliphatic rings. The van der Waals surface area contributed by atoms with Gasteiger partial charge >= 0.3 is 0 Å². The van der Waals surface area contributed by atoms with Crippen LogP contribution in [0, 0.1) is 5.82 Å². The second-order valence-electron chi connectivity index (χ2n) is 8.31. The quantitative estimate of drug-likeness (QED) is 0.624. The normalized spacial score (nSPS) is 16.9. The second kappa shape index (κ2) is 8.61. The summed E-state index contributed by atoms with van der Waals surface area (Å²) in [7, 11) is -3.31. The maximum atomic E-state index is 13.4. The number of aliphatic hydroxyl groups excluding tert-OH is 1. The largest absolute Gasteiger partial charge is 0.374 e. The number of hydrogen-bond donors (Lipinski definition) is 1. The molecule has 0 spiro atoms. The van der Waals surface area contributed by atoms with Gasteiger partial charge in [-0.05, 0) is 73.5 Å². The number of anilines is 2. The lowest BCUT2D eigenvalue weighted by atomic mass is 10.00. The minimum absolute atomic E-state index is 0.151. The topological polar surface area (TPSA) is 77.9 Å². The van der Waals surface area contributed by atoms with Crippen molar-refractivity contribution in [2.24, 2.45) is 0 Å². The summed E-state index contributed by atoms with van der Waals surface area (Å²) in [5.74, 6) is -0.683. The number of carbonyl (C=O) groups excluding carboxylic acids is 1. The van der Waals surface area contributed by atoms with E-state index in [0.717, 1.165) is 17.4 Å². The molecule has 33 heavy (non-hydrogen) atoms. The first-order chi connectivity index (χ1) is 15.6. The third-order valence-electron chi connectivity index (χ3n) is 5.82. The fraction of sp³-hybridized carbons (Fsp3) is 0.240. The maximum Gasteiger partial charge on any atom is 0.258 e. The molecule has 6 nitrogen and oxygen atoms in total. The second-order valence-corrected chi connectivity index (χ2v) is 10.3. The predicted octanol–water partition coefficient (Wildman–Crippen LogP) is 4.09. The van der Waals surface area contributed by atoms with Crippen LogP contribution >= 0.6 is 0 Å². The van der Waals surface area contributed by atoms with Gasteiger partial charge in [-0.15, -0.1) is 0 Å². The van der Waals surface area contributed by atoms with Gasteiger partial charge in [0, 0.05) is 24.4 Å². The van der Waals surface area contributed by atoms with Gasteiger partial charge in [-0.2, -0.15) is 0 Å². The molecule has 1 unspecified atom stereocenters. The van der Waals surface area contributed by atoms with Crippen LogP contribution < -0.4 is 9.80 Å². The van der Waals surface area contributed by atoms with Crippen molar-refractivity contribution in [3.05, 3.63) is 78.1 Å². The zero-order valence-electron chi connectivity index (χ0n) is 18.6. The summed E-state index contributed by atoms with van der Waals surface area (Å²) >= 11 is 0. The molecule has 0 bridgehead atoms. The average Bonchev–Trinajstić information content (AvgIpc) is 2.77. The maximum absolute atomic E-state index is 13.4. The van der Waals surface area contributed by atoms with Crippen LogP contribution in [0.5, 0.6) is 0 Å². The molecule has 3 aromatic carbocycles. The van der Waals surface area contributed by atoms with Crippen LogP contribution in [0.15, 0.2) is 71.6 Å². The standard InChI is InChI=1S/C25H25FN2O4S/c1-16-15-27(25(30)19-4-9-21(26)10-5-19)24-14-20(8-13-23(24)28(16)17(2)29)18-6-11-22(12-7-18)33(3,31)32/h4-14,16-17,29H,15H2,1-3H3/t16-,17?/m0/s1. The summed E-state index contributed by atoms with van der Waals surface area (Å²) < 4.78 is 36.9. The molecule has 0 radical (unpaired) electrons. The number of benzene rings is 3. The Hall–Kier alpha value is -3.23. The number of halogens is 1. The first kappa shape index (κ1) is 22.9. The molecule has 0 saturated carbocycles. The number of sulfone groups is 1. The van der Waals surface area contributed by atoms with Crippen molar-refractivity contribution < 1.29 is 22.7 Å². The summed E-state index contributed by atoms with van der Waals surface area (Å²) in [6, 6.07) is 17.4. The Balaban J connectivity index is 1.80. The van der Waals surface area contributed by atoms with E-state index in [-0.39, 0.29) is 16.8 Å². The van der Waals surface area contributed by atoms with Gasteiger partial charge in [0.15, 0.2) is 9.84 Å². The van der Waals surface area contributed by atoms with Crippen LogP contribution in [0.2, 0.25) is 0 Å². The van der Waals surface area contributed by atoms with E-state index in [1.54, 1.807) is 36.1 Å². The summed E-state index contributed by atoms with van der Waals surface area (Å²) in [6.45, 7) is 3.94. The molecular formula is C25H25FN2O4S. The van der Waals surface area contributed by atoms with Crippen LogP contribution in [0.3, 0.4) is 0 Å². The SMILES string of the molecule is CC(O)N1c2ccc(-c3ccc(S(C)(=O)=O)cc3)cc2N(C(=O)c2ccc(F)cc2)C[C@@H]1C. The van der Waals surface area contributed by atoms with Gasteiger partial charge in [-0.1, -0.05) is 18.2 Å². The molecular weight excluding hydrogens is 443 g/mol. The van der Waals surface area contributed by atoms with Gasteiger partial charge in [0.1, 0.15) is 12.0 Å². The van der Waals surface area contributed by atoms with Gasteiger partial charge in [0.05, 0.1) is 16.3 Å². The number of nitrogens with zero attached hydrogens (tertiary/aromatic N) is 2. The molecule has 0 aliphatic carbocycles. The van der Waals surface area contributed by atoms with Crippen molar-refractivity contribution in [2.75, 3.05) is 22.6 Å². The summed E-state index contributed by atoms with van der Waals surface area (Å²) in [6.07, 6.45) is 0.396. The number of aliphatic hydroxyl groups is 1. The molecule has 1 heterocycles. The Labute approximate surface area is 192 Å². The summed E-state index contributed by atoms with van der Waals surface area (Å²) in [5, 5.41) is 10.4. The van der Waals surface area contributed by atoms with E-state index in [1.165, 1.54) is 24.3 Å². The molecule has 0 fully saturated rings. The molecule has 1 N–H and O–H groups in total. The van der Waals surface area contributed by atoms with E-state index in [9.17, 15) is 22.7 Å². The Morgan fingerprint density at radius 1 is 1.00 bits per heavy atom. The van der Waals surface area contributed by atoms with Crippen molar-refractivity contribution in [1.82, 2.24) is 0 Å². The first-order valence-corrected chi connectivity index (χ1v) is 12.4. The number of amides is 1. The highest BCUT2D eigenvalue weighted by Crippen LogP contribution is 2.40. The van der Waals surface area contributed by atoms with E-state index in [2.05, 4.69) is 0 Å². The van der Waals surface area contributed by atoms with Crippen LogP contribution in [-0.4, -0.2) is 44.5 Å². The molecule has 1 amide bonds. The highest BCUT2D eigenvalue weighted by Gasteiger charge is 2.34. The number of rotatable bonds is 4. The third kappa shape index (κ3) is 4.49. The minimum atomic E-state index is -3.31. The monoisotopic (exact) mass is 468 g/mol. The van der Waals surface area contributed by atoms with Gasteiger partial charge in [0.25, 0.3) is 5.91 Å². The molecule has 0 aromatic heterocycles. The Morgan fingerprint density at radius 2 is 1.61 bits per heavy atom. The summed E-state index contributed by atoms with van der Waals surface area (Å²) in [5.41, 5.74) is 3.28. The number of fused-ring (bicyclic) bond motifs is 1. The Bertz CT molecular complexity index is 1290. The van der Waals surface area contributed by atoms with Crippen molar-refractivity contribution in [3.8, 4) is 11.1 Å². The number of carbonyl (C=O) groups is 1. The smallest absolute Gasteiger partial charge is 0.258 e. The van der Waals surface area contributed by atoms with Crippen LogP contribution in [0.1, 0.15) is 24.2 Å². The average molecular weight is 469 g/mol. The van der Waals surface area contributed by atoms with Crippen molar-refractivity contribution in [2.45, 2.75) is 31.0 Å². The van der Waals surface area contributed by atoms with E-state index in [0.29, 0.717) is 23.5 Å². The first-order valence-electron chi connectivity index (χ1n) is 10.5. The van der Waals surface area contributed by atoms with E-state index in [1.807, 2.05) is 30.0 Å². The molecule has 8 heteroatoms. The van der Waals surface area contributed by atoms with Gasteiger partial charge in [-0.3, -0.25) is 4.79 Å². The highest BCUT2D eigenvalue weighted by atomic mass is 32.2. The minimum Gasteiger partial charge on any atom is -0.374 e. The molecule has 4 rings (SSSR count). The van der Waals surface area contributed by atoms with Gasteiger partial charge in [-0.25, -0.2) is 12.8 Å². The van der Waals surface area contributed by atoms with E-state index in [4.69, 9.17) is 0 Å². The van der Waals surface area contributed by atoms with Crippen molar-refractivity contribution >= 4 is 27.1 Å². The fourth-order valence-corrected chi connectivity index (χ4v) is 4.86. The lowest BCUT2D eigenvalue weighted by molar-refractivity contribution is 0.0979. The molecule has 3 aromatic rings. The predicted molar refractivity (Wildman–Crippen MR) is 127 cm³/mol. The lowest BCUT2D eigenvalue weighted by Crippen LogP contribution is -2.52.